The van der Waals surface area contributed by atoms with E-state index < -0.39 is 16.3 Å². The van der Waals surface area contributed by atoms with Gasteiger partial charge in [0.2, 0.25) is 5.75 Å². The Kier molecular flexibility index (Phi) is 7.86. The molecule has 3 rings (SSSR count). The molecule has 2 N–H and O–H groups in total. The molecule has 0 aliphatic carbocycles. The van der Waals surface area contributed by atoms with Crippen molar-refractivity contribution in [2.75, 3.05) is 11.8 Å². The zero-order valence-corrected chi connectivity index (χ0v) is 21.5. The number of nitrogens with one attached hydrogen (secondary N) is 1. The molecular weight excluding hydrogens is 470 g/mol. The number of rotatable bonds is 9. The highest BCUT2D eigenvalue weighted by Crippen LogP contribution is 2.40. The first-order chi connectivity index (χ1) is 16.4. The van der Waals surface area contributed by atoms with Crippen LogP contribution in [0.2, 0.25) is 0 Å². The summed E-state index contributed by atoms with van der Waals surface area (Å²) in [5, 5.41) is 9.85. The molecule has 188 valence electrons. The lowest BCUT2D eigenvalue weighted by molar-refractivity contribution is -0.00546. The Balaban J connectivity index is 2.10. The van der Waals surface area contributed by atoms with E-state index in [0.29, 0.717) is 18.0 Å². The molecule has 3 aromatic rings. The van der Waals surface area contributed by atoms with Crippen molar-refractivity contribution < 1.29 is 27.7 Å². The molecule has 1 atom stereocenters. The number of methoxy groups -OCH3 is 1. The van der Waals surface area contributed by atoms with Gasteiger partial charge in [-0.1, -0.05) is 52.0 Å². The number of hydrogen-bond acceptors (Lipinski definition) is 8. The minimum Gasteiger partial charge on any atom is -0.493 e. The summed E-state index contributed by atoms with van der Waals surface area (Å²) in [4.78, 5) is 8.70. The van der Waals surface area contributed by atoms with Gasteiger partial charge in [0, 0.05) is 6.42 Å². The molecule has 0 saturated carbocycles. The van der Waals surface area contributed by atoms with E-state index in [4.69, 9.17) is 14.2 Å². The number of para-hydroxylation sites is 2. The summed E-state index contributed by atoms with van der Waals surface area (Å²) < 4.78 is 45.8. The summed E-state index contributed by atoms with van der Waals surface area (Å²) in [6.45, 7) is 9.36. The SMILES string of the molecule is CCc1nc(NS(=O)(=O)c2ccc(C(C)(C)C)cc2)c(Oc2ccccc2OC)c(OC(C)O)n1. The van der Waals surface area contributed by atoms with Crippen LogP contribution in [0.4, 0.5) is 5.82 Å². The monoisotopic (exact) mass is 501 g/mol. The molecule has 0 fully saturated rings. The zero-order chi connectivity index (χ0) is 25.8. The van der Waals surface area contributed by atoms with Crippen LogP contribution in [0.15, 0.2) is 53.4 Å². The van der Waals surface area contributed by atoms with Crippen molar-refractivity contribution in [2.45, 2.75) is 57.6 Å². The Morgan fingerprint density at radius 3 is 2.20 bits per heavy atom. The van der Waals surface area contributed by atoms with Crippen molar-refractivity contribution in [2.24, 2.45) is 0 Å². The molecule has 35 heavy (non-hydrogen) atoms. The fraction of sp³-hybridized carbons (Fsp3) is 0.360. The Morgan fingerprint density at radius 1 is 1.03 bits per heavy atom. The highest BCUT2D eigenvalue weighted by molar-refractivity contribution is 7.92. The highest BCUT2D eigenvalue weighted by atomic mass is 32.2. The molecule has 2 aromatic carbocycles. The van der Waals surface area contributed by atoms with Crippen LogP contribution in [-0.2, 0) is 21.9 Å². The molecule has 0 amide bonds. The highest BCUT2D eigenvalue weighted by Gasteiger charge is 2.25. The first kappa shape index (κ1) is 26.2. The number of aliphatic hydroxyl groups excluding tert-OH is 1. The minimum atomic E-state index is -4.05. The predicted molar refractivity (Wildman–Crippen MR) is 133 cm³/mol. The van der Waals surface area contributed by atoms with E-state index in [1.54, 1.807) is 48.5 Å². The van der Waals surface area contributed by atoms with Gasteiger partial charge in [0.05, 0.1) is 12.0 Å². The summed E-state index contributed by atoms with van der Waals surface area (Å²) in [5.74, 6) is 0.642. The van der Waals surface area contributed by atoms with E-state index >= 15 is 0 Å². The van der Waals surface area contributed by atoms with Crippen LogP contribution in [-0.4, -0.2) is 36.9 Å². The maximum atomic E-state index is 13.3. The molecule has 1 aromatic heterocycles. The topological polar surface area (TPSA) is 120 Å². The number of nitrogens with zero attached hydrogens (tertiary/aromatic N) is 2. The number of hydrogen-bond donors (Lipinski definition) is 2. The van der Waals surface area contributed by atoms with Gasteiger partial charge >= 0.3 is 0 Å². The number of ether oxygens (including phenoxy) is 3. The zero-order valence-electron chi connectivity index (χ0n) is 20.7. The van der Waals surface area contributed by atoms with Crippen LogP contribution < -0.4 is 18.9 Å². The van der Waals surface area contributed by atoms with Gasteiger partial charge in [-0.3, -0.25) is 4.72 Å². The number of benzene rings is 2. The summed E-state index contributed by atoms with van der Waals surface area (Å²) in [5.41, 5.74) is 0.876. The fourth-order valence-corrected chi connectivity index (χ4v) is 4.17. The molecule has 0 spiro atoms. The maximum absolute atomic E-state index is 13.3. The second-order valence-corrected chi connectivity index (χ2v) is 10.5. The molecule has 0 bridgehead atoms. The number of aliphatic hydroxyl groups is 1. The van der Waals surface area contributed by atoms with Crippen LogP contribution in [0.25, 0.3) is 0 Å². The second-order valence-electron chi connectivity index (χ2n) is 8.83. The lowest BCUT2D eigenvalue weighted by Gasteiger charge is -2.20. The first-order valence-electron chi connectivity index (χ1n) is 11.1. The number of aryl methyl sites for hydroxylation is 1. The molecular formula is C25H31N3O6S. The van der Waals surface area contributed by atoms with E-state index in [0.717, 1.165) is 5.56 Å². The van der Waals surface area contributed by atoms with Gasteiger partial charge in [-0.25, -0.2) is 13.4 Å². The summed E-state index contributed by atoms with van der Waals surface area (Å²) in [6.07, 6.45) is -0.843. The lowest BCUT2D eigenvalue weighted by atomic mass is 9.87. The summed E-state index contributed by atoms with van der Waals surface area (Å²) >= 11 is 0. The summed E-state index contributed by atoms with van der Waals surface area (Å²) in [7, 11) is -2.56. The Labute approximate surface area is 206 Å². The van der Waals surface area contributed by atoms with Crippen molar-refractivity contribution in [3.63, 3.8) is 0 Å². The molecule has 0 aliphatic rings. The van der Waals surface area contributed by atoms with E-state index in [1.165, 1.54) is 14.0 Å². The maximum Gasteiger partial charge on any atom is 0.265 e. The van der Waals surface area contributed by atoms with Gasteiger partial charge in [-0.2, -0.15) is 4.98 Å². The smallest absolute Gasteiger partial charge is 0.265 e. The Hall–Kier alpha value is -3.37. The van der Waals surface area contributed by atoms with Crippen molar-refractivity contribution in [3.05, 3.63) is 59.9 Å². The average Bonchev–Trinajstić information content (AvgIpc) is 2.80. The van der Waals surface area contributed by atoms with Gasteiger partial charge in [-0.15, -0.1) is 0 Å². The predicted octanol–water partition coefficient (Wildman–Crippen LogP) is 4.66. The molecule has 0 aliphatic heterocycles. The summed E-state index contributed by atoms with van der Waals surface area (Å²) in [6, 6.07) is 13.5. The van der Waals surface area contributed by atoms with Crippen molar-refractivity contribution in [1.29, 1.82) is 0 Å². The van der Waals surface area contributed by atoms with Crippen LogP contribution >= 0.6 is 0 Å². The molecule has 1 unspecified atom stereocenters. The van der Waals surface area contributed by atoms with Gasteiger partial charge in [0.25, 0.3) is 15.9 Å². The van der Waals surface area contributed by atoms with Gasteiger partial charge in [0.15, 0.2) is 23.6 Å². The quantitative estimate of drug-likeness (QED) is 0.407. The molecule has 9 nitrogen and oxygen atoms in total. The number of sulfonamides is 1. The Morgan fingerprint density at radius 2 is 1.66 bits per heavy atom. The number of aromatic nitrogens is 2. The molecule has 10 heteroatoms. The molecule has 0 saturated heterocycles. The third kappa shape index (κ3) is 6.40. The Bertz CT molecular complexity index is 1270. The molecule has 1 heterocycles. The van der Waals surface area contributed by atoms with Crippen molar-refractivity contribution >= 4 is 15.8 Å². The number of anilines is 1. The van der Waals surface area contributed by atoms with E-state index in [1.807, 2.05) is 27.7 Å². The van der Waals surface area contributed by atoms with Gasteiger partial charge in [0.1, 0.15) is 5.82 Å². The van der Waals surface area contributed by atoms with E-state index in [2.05, 4.69) is 14.7 Å². The standard InChI is InChI=1S/C25H31N3O6S/c1-7-21-26-23(28-35(30,31)18-14-12-17(13-15-18)25(3,4)5)22(24(27-21)33-16(2)29)34-20-11-9-8-10-19(20)32-6/h8-16,29H,7H2,1-6H3,(H,26,27,28). The van der Waals surface area contributed by atoms with E-state index in [9.17, 15) is 13.5 Å². The lowest BCUT2D eigenvalue weighted by Crippen LogP contribution is -2.18. The van der Waals surface area contributed by atoms with Crippen LogP contribution in [0.5, 0.6) is 23.1 Å². The van der Waals surface area contributed by atoms with Crippen molar-refractivity contribution in [3.8, 4) is 23.1 Å². The van der Waals surface area contributed by atoms with Crippen molar-refractivity contribution in [1.82, 2.24) is 9.97 Å². The van der Waals surface area contributed by atoms with Gasteiger partial charge < -0.3 is 19.3 Å². The largest absolute Gasteiger partial charge is 0.493 e. The average molecular weight is 502 g/mol. The van der Waals surface area contributed by atoms with Gasteiger partial charge in [-0.05, 0) is 42.2 Å². The minimum absolute atomic E-state index is 0.0587. The van der Waals surface area contributed by atoms with E-state index in [-0.39, 0.29) is 33.5 Å². The first-order valence-corrected chi connectivity index (χ1v) is 12.6. The van der Waals surface area contributed by atoms with Crippen LogP contribution in [0.1, 0.15) is 46.0 Å². The molecule has 0 radical (unpaired) electrons. The fourth-order valence-electron chi connectivity index (χ4n) is 3.17. The normalized spacial score (nSPS) is 12.7. The third-order valence-corrected chi connectivity index (χ3v) is 6.38. The second kappa shape index (κ2) is 10.5. The van der Waals surface area contributed by atoms with Crippen LogP contribution in [0, 0.1) is 0 Å². The van der Waals surface area contributed by atoms with Crippen LogP contribution in [0.3, 0.4) is 0 Å². The third-order valence-electron chi connectivity index (χ3n) is 5.02.